The number of H-pyrrole nitrogens is 1. The van der Waals surface area contributed by atoms with Gasteiger partial charge < -0.3 is 9.84 Å². The number of hydrogen-bond donors (Lipinski definition) is 2. The molecule has 9 nitrogen and oxygen atoms in total. The molecular weight excluding hydrogens is 314 g/mol. The van der Waals surface area contributed by atoms with Crippen molar-refractivity contribution in [2.75, 3.05) is 6.61 Å². The highest BCUT2D eigenvalue weighted by Gasteiger charge is 2.35. The molecule has 2 N–H and O–H groups in total. The van der Waals surface area contributed by atoms with Crippen molar-refractivity contribution in [1.29, 1.82) is 0 Å². The Morgan fingerprint density at radius 2 is 2.25 bits per heavy atom. The van der Waals surface area contributed by atoms with E-state index in [1.807, 2.05) is 0 Å². The molecule has 0 spiro atoms. The molecule has 9 heteroatoms. The van der Waals surface area contributed by atoms with E-state index in [2.05, 4.69) is 21.9 Å². The Morgan fingerprint density at radius 3 is 2.92 bits per heavy atom. The smallest absolute Gasteiger partial charge is 0.330 e. The molecule has 0 saturated carbocycles. The van der Waals surface area contributed by atoms with Crippen molar-refractivity contribution in [2.24, 2.45) is 5.11 Å². The molecule has 0 bridgehead atoms. The minimum atomic E-state index is -0.670. The molecule has 0 radical (unpaired) electrons. The van der Waals surface area contributed by atoms with E-state index in [1.54, 1.807) is 0 Å². The van der Waals surface area contributed by atoms with Gasteiger partial charge >= 0.3 is 5.69 Å². The summed E-state index contributed by atoms with van der Waals surface area (Å²) in [7, 11) is 0. The number of aromatic nitrogens is 2. The van der Waals surface area contributed by atoms with E-state index in [1.165, 1.54) is 10.8 Å². The third-order valence-corrected chi connectivity index (χ3v) is 4.24. The summed E-state index contributed by atoms with van der Waals surface area (Å²) in [4.78, 5) is 29.1. The number of nitrogens with one attached hydrogen (secondary N) is 1. The van der Waals surface area contributed by atoms with E-state index in [9.17, 15) is 14.7 Å². The zero-order chi connectivity index (χ0) is 17.5. The molecule has 1 aromatic rings. The maximum Gasteiger partial charge on any atom is 0.330 e. The summed E-state index contributed by atoms with van der Waals surface area (Å²) >= 11 is 0. The van der Waals surface area contributed by atoms with Crippen LogP contribution in [0.15, 0.2) is 20.9 Å². The zero-order valence-corrected chi connectivity index (χ0v) is 13.7. The second-order valence-electron chi connectivity index (χ2n) is 5.95. The van der Waals surface area contributed by atoms with Crippen LogP contribution >= 0.6 is 0 Å². The molecule has 1 aliphatic heterocycles. The number of hydrogen-bond acceptors (Lipinski definition) is 5. The van der Waals surface area contributed by atoms with Gasteiger partial charge in [0.15, 0.2) is 0 Å². The average Bonchev–Trinajstić information content (AvgIpc) is 2.96. The van der Waals surface area contributed by atoms with Crippen LogP contribution in [0, 0.1) is 0 Å². The van der Waals surface area contributed by atoms with Crippen LogP contribution < -0.4 is 11.2 Å². The molecule has 2 heterocycles. The quantitative estimate of drug-likeness (QED) is 0.322. The fraction of sp³-hybridized carbons (Fsp3) is 0.733. The molecule has 1 fully saturated rings. The van der Waals surface area contributed by atoms with Crippen LogP contribution in [0.4, 0.5) is 0 Å². The SMILES string of the molecule is CCCCCCc1cn([C@@H]2C[C@H](N=[N+]=[N-])[C@@H](CO)O2)c(=O)[nH]c1=O. The summed E-state index contributed by atoms with van der Waals surface area (Å²) in [6.45, 7) is 1.81. The number of aryl methyl sites for hydroxylation is 1. The molecule has 1 saturated heterocycles. The fourth-order valence-electron chi connectivity index (χ4n) is 2.90. The first-order valence-electron chi connectivity index (χ1n) is 8.25. The van der Waals surface area contributed by atoms with Crippen LogP contribution in [0.3, 0.4) is 0 Å². The summed E-state index contributed by atoms with van der Waals surface area (Å²) in [5.41, 5.74) is 8.16. The summed E-state index contributed by atoms with van der Waals surface area (Å²) in [6, 6.07) is -0.545. The Kier molecular flexibility index (Phi) is 6.60. The second-order valence-corrected chi connectivity index (χ2v) is 5.95. The minimum absolute atomic E-state index is 0.274. The number of aliphatic hydroxyl groups is 1. The molecular formula is C15H23N5O4. The predicted molar refractivity (Wildman–Crippen MR) is 87.7 cm³/mol. The van der Waals surface area contributed by atoms with Gasteiger partial charge in [0, 0.05) is 23.1 Å². The Hall–Kier alpha value is -2.09. The van der Waals surface area contributed by atoms with E-state index in [0.717, 1.165) is 25.7 Å². The Morgan fingerprint density at radius 1 is 1.46 bits per heavy atom. The van der Waals surface area contributed by atoms with Crippen LogP contribution in [0.25, 0.3) is 10.4 Å². The lowest BCUT2D eigenvalue weighted by molar-refractivity contribution is -0.0271. The molecule has 0 amide bonds. The van der Waals surface area contributed by atoms with Gasteiger partial charge in [-0.05, 0) is 18.4 Å². The molecule has 24 heavy (non-hydrogen) atoms. The Bertz CT molecular complexity index is 707. The van der Waals surface area contributed by atoms with Crippen LogP contribution in [0.1, 0.15) is 50.8 Å². The van der Waals surface area contributed by atoms with Crippen LogP contribution in [0.5, 0.6) is 0 Å². The lowest BCUT2D eigenvalue weighted by atomic mass is 10.1. The van der Waals surface area contributed by atoms with E-state index in [4.69, 9.17) is 10.3 Å². The summed E-state index contributed by atoms with van der Waals surface area (Å²) in [5, 5.41) is 12.9. The first-order chi connectivity index (χ1) is 11.6. The van der Waals surface area contributed by atoms with Gasteiger partial charge in [-0.1, -0.05) is 31.3 Å². The topological polar surface area (TPSA) is 133 Å². The number of aromatic amines is 1. The largest absolute Gasteiger partial charge is 0.394 e. The third kappa shape index (κ3) is 4.25. The van der Waals surface area contributed by atoms with Crippen LogP contribution in [-0.4, -0.2) is 33.4 Å². The van der Waals surface area contributed by atoms with Gasteiger partial charge in [0.2, 0.25) is 0 Å². The van der Waals surface area contributed by atoms with Crippen molar-refractivity contribution in [3.63, 3.8) is 0 Å². The van der Waals surface area contributed by atoms with Gasteiger partial charge in [-0.25, -0.2) is 4.79 Å². The highest BCUT2D eigenvalue weighted by Crippen LogP contribution is 2.29. The van der Waals surface area contributed by atoms with Crippen molar-refractivity contribution in [3.8, 4) is 0 Å². The molecule has 1 aliphatic rings. The molecule has 2 rings (SSSR count). The normalized spacial score (nSPS) is 23.2. The number of azide groups is 1. The number of aliphatic hydroxyl groups excluding tert-OH is 1. The highest BCUT2D eigenvalue weighted by atomic mass is 16.5. The van der Waals surface area contributed by atoms with Crippen LogP contribution in [-0.2, 0) is 11.2 Å². The summed E-state index contributed by atoms with van der Waals surface area (Å²) in [5.74, 6) is 0. The van der Waals surface area contributed by atoms with E-state index in [-0.39, 0.29) is 18.6 Å². The molecule has 0 unspecified atom stereocenters. The fourth-order valence-corrected chi connectivity index (χ4v) is 2.90. The number of unbranched alkanes of at least 4 members (excludes halogenated alkanes) is 3. The maximum absolute atomic E-state index is 12.1. The summed E-state index contributed by atoms with van der Waals surface area (Å²) in [6.07, 6.45) is 5.17. The monoisotopic (exact) mass is 337 g/mol. The Labute approximate surface area is 138 Å². The second kappa shape index (κ2) is 8.68. The summed E-state index contributed by atoms with van der Waals surface area (Å²) < 4.78 is 6.92. The van der Waals surface area contributed by atoms with Gasteiger partial charge in [0.1, 0.15) is 6.23 Å². The Balaban J connectivity index is 2.19. The molecule has 0 aromatic carbocycles. The third-order valence-electron chi connectivity index (χ3n) is 4.24. The lowest BCUT2D eigenvalue weighted by Crippen LogP contribution is -2.34. The van der Waals surface area contributed by atoms with E-state index < -0.39 is 24.1 Å². The minimum Gasteiger partial charge on any atom is -0.394 e. The number of ether oxygens (including phenoxy) is 1. The van der Waals surface area contributed by atoms with Gasteiger partial charge in [-0.15, -0.1) is 0 Å². The van der Waals surface area contributed by atoms with Gasteiger partial charge in [-0.2, -0.15) is 0 Å². The van der Waals surface area contributed by atoms with Crippen molar-refractivity contribution >= 4 is 0 Å². The van der Waals surface area contributed by atoms with Crippen molar-refractivity contribution in [3.05, 3.63) is 43.0 Å². The van der Waals surface area contributed by atoms with Crippen molar-refractivity contribution < 1.29 is 9.84 Å². The van der Waals surface area contributed by atoms with Crippen LogP contribution in [0.2, 0.25) is 0 Å². The van der Waals surface area contributed by atoms with E-state index >= 15 is 0 Å². The standard InChI is InChI=1S/C15H23N5O4/c1-2-3-4-5-6-10-8-20(15(23)17-14(10)22)13-7-11(18-19-16)12(9-21)24-13/h8,11-13,21H,2-7,9H2,1H3,(H,17,22,23)/t11-,12+,13-/m0/s1. The van der Waals surface area contributed by atoms with Gasteiger partial charge in [-0.3, -0.25) is 14.3 Å². The average molecular weight is 337 g/mol. The first-order valence-corrected chi connectivity index (χ1v) is 8.25. The van der Waals surface area contributed by atoms with E-state index in [0.29, 0.717) is 12.0 Å². The zero-order valence-electron chi connectivity index (χ0n) is 13.7. The molecule has 1 aromatic heterocycles. The number of rotatable bonds is 8. The molecule has 0 aliphatic carbocycles. The van der Waals surface area contributed by atoms with Gasteiger partial charge in [0.25, 0.3) is 5.56 Å². The van der Waals surface area contributed by atoms with Crippen molar-refractivity contribution in [1.82, 2.24) is 9.55 Å². The van der Waals surface area contributed by atoms with Gasteiger partial charge in [0.05, 0.1) is 18.8 Å². The highest BCUT2D eigenvalue weighted by molar-refractivity contribution is 5.06. The maximum atomic E-state index is 12.1. The van der Waals surface area contributed by atoms with Crippen molar-refractivity contribution in [2.45, 2.75) is 63.8 Å². The predicted octanol–water partition coefficient (Wildman–Crippen LogP) is 1.62. The molecule has 3 atom stereocenters. The molecule has 132 valence electrons. The first kappa shape index (κ1) is 18.3. The lowest BCUT2D eigenvalue weighted by Gasteiger charge is -2.15. The number of nitrogens with zero attached hydrogens (tertiary/aromatic N) is 4.